The van der Waals surface area contributed by atoms with Crippen molar-refractivity contribution in [3.8, 4) is 5.75 Å². The van der Waals surface area contributed by atoms with E-state index in [-0.39, 0.29) is 18.3 Å². The number of hydrazine groups is 1. The normalized spacial score (nSPS) is 25.4. The second kappa shape index (κ2) is 6.67. The number of halogens is 1. The van der Waals surface area contributed by atoms with Gasteiger partial charge >= 0.3 is 0 Å². The lowest BCUT2D eigenvalue weighted by molar-refractivity contribution is -0.123. The van der Waals surface area contributed by atoms with Crippen molar-refractivity contribution in [2.75, 3.05) is 13.2 Å². The second-order valence-corrected chi connectivity index (χ2v) is 5.08. The van der Waals surface area contributed by atoms with Crippen LogP contribution in [0.1, 0.15) is 13.8 Å². The summed E-state index contributed by atoms with van der Waals surface area (Å²) in [5, 5.41) is 2.85. The quantitative estimate of drug-likeness (QED) is 0.748. The first kappa shape index (κ1) is 14.7. The molecule has 0 bridgehead atoms. The summed E-state index contributed by atoms with van der Waals surface area (Å²) in [4.78, 5) is 11.7. The van der Waals surface area contributed by atoms with Gasteiger partial charge in [0.1, 0.15) is 11.6 Å². The number of nitrogens with one attached hydrogen (secondary N) is 3. The van der Waals surface area contributed by atoms with Crippen LogP contribution < -0.4 is 20.9 Å². The molecule has 0 radical (unpaired) electrons. The number of hydrogen-bond donors (Lipinski definition) is 3. The van der Waals surface area contributed by atoms with Crippen LogP contribution in [0.4, 0.5) is 4.39 Å². The Balaban J connectivity index is 1.71. The molecule has 1 saturated heterocycles. The van der Waals surface area contributed by atoms with Crippen molar-refractivity contribution in [3.05, 3.63) is 30.1 Å². The number of hydrogen-bond acceptors (Lipinski definition) is 4. The van der Waals surface area contributed by atoms with Gasteiger partial charge in [-0.1, -0.05) is 0 Å². The number of amides is 1. The number of rotatable bonds is 5. The highest BCUT2D eigenvalue weighted by Gasteiger charge is 2.29. The molecule has 2 rings (SSSR count). The van der Waals surface area contributed by atoms with Crippen molar-refractivity contribution in [2.24, 2.45) is 5.92 Å². The molecule has 1 aliphatic heterocycles. The van der Waals surface area contributed by atoms with Crippen LogP contribution in [-0.4, -0.2) is 31.1 Å². The Hall–Kier alpha value is -1.66. The van der Waals surface area contributed by atoms with E-state index in [1.807, 2.05) is 0 Å². The zero-order valence-electron chi connectivity index (χ0n) is 11.7. The molecule has 0 saturated carbocycles. The average molecular weight is 281 g/mol. The maximum absolute atomic E-state index is 12.7. The fraction of sp³-hybridized carbons (Fsp3) is 0.500. The fourth-order valence-electron chi connectivity index (χ4n) is 2.23. The van der Waals surface area contributed by atoms with Crippen molar-refractivity contribution in [3.63, 3.8) is 0 Å². The van der Waals surface area contributed by atoms with Gasteiger partial charge in [-0.15, -0.1) is 0 Å². The van der Waals surface area contributed by atoms with Crippen LogP contribution in [0.2, 0.25) is 0 Å². The van der Waals surface area contributed by atoms with Crippen LogP contribution in [0.15, 0.2) is 24.3 Å². The minimum absolute atomic E-state index is 0.0675. The number of carbonyl (C=O) groups is 1. The molecule has 1 amide bonds. The van der Waals surface area contributed by atoms with Gasteiger partial charge < -0.3 is 10.1 Å². The van der Waals surface area contributed by atoms with E-state index in [1.54, 1.807) is 0 Å². The maximum atomic E-state index is 12.7. The molecular weight excluding hydrogens is 261 g/mol. The first-order valence-corrected chi connectivity index (χ1v) is 6.72. The van der Waals surface area contributed by atoms with Crippen molar-refractivity contribution in [1.29, 1.82) is 0 Å². The van der Waals surface area contributed by atoms with E-state index < -0.39 is 0 Å². The largest absolute Gasteiger partial charge is 0.484 e. The highest BCUT2D eigenvalue weighted by atomic mass is 19.1. The first-order valence-electron chi connectivity index (χ1n) is 6.72. The highest BCUT2D eigenvalue weighted by Crippen LogP contribution is 2.13. The second-order valence-electron chi connectivity index (χ2n) is 5.08. The molecule has 6 heteroatoms. The zero-order chi connectivity index (χ0) is 14.5. The van der Waals surface area contributed by atoms with E-state index in [1.165, 1.54) is 24.3 Å². The molecule has 110 valence electrons. The summed E-state index contributed by atoms with van der Waals surface area (Å²) < 4.78 is 18.0. The third-order valence-electron chi connectivity index (χ3n) is 3.54. The Kier molecular flexibility index (Phi) is 4.92. The van der Waals surface area contributed by atoms with Crippen LogP contribution in [0.25, 0.3) is 0 Å². The SMILES string of the molecule is CC1NNC(C)C1CNC(=O)COc1ccc(F)cc1. The molecule has 1 heterocycles. The van der Waals surface area contributed by atoms with Crippen molar-refractivity contribution in [1.82, 2.24) is 16.2 Å². The van der Waals surface area contributed by atoms with Crippen molar-refractivity contribution in [2.45, 2.75) is 25.9 Å². The van der Waals surface area contributed by atoms with Crippen LogP contribution in [0.3, 0.4) is 0 Å². The number of ether oxygens (including phenoxy) is 1. The monoisotopic (exact) mass is 281 g/mol. The molecular formula is C14H20FN3O2. The summed E-state index contributed by atoms with van der Waals surface area (Å²) in [6.07, 6.45) is 0. The standard InChI is InChI=1S/C14H20FN3O2/c1-9-13(10(2)18-17-9)7-16-14(19)8-20-12-5-3-11(15)4-6-12/h3-6,9-10,13,17-18H,7-8H2,1-2H3,(H,16,19). The third-order valence-corrected chi connectivity index (χ3v) is 3.54. The summed E-state index contributed by atoms with van der Waals surface area (Å²) in [5.74, 6) is 0.309. The molecule has 1 fully saturated rings. The van der Waals surface area contributed by atoms with E-state index >= 15 is 0 Å². The molecule has 1 aromatic carbocycles. The molecule has 0 aliphatic carbocycles. The predicted octanol–water partition coefficient (Wildman–Crippen LogP) is 0.822. The molecule has 2 unspecified atom stereocenters. The average Bonchev–Trinajstić information content (AvgIpc) is 2.75. The predicted molar refractivity (Wildman–Crippen MR) is 73.6 cm³/mol. The minimum Gasteiger partial charge on any atom is -0.484 e. The smallest absolute Gasteiger partial charge is 0.257 e. The molecule has 3 N–H and O–H groups in total. The van der Waals surface area contributed by atoms with Crippen LogP contribution in [0, 0.1) is 11.7 Å². The van der Waals surface area contributed by atoms with Gasteiger partial charge in [-0.2, -0.15) is 0 Å². The Bertz CT molecular complexity index is 442. The molecule has 1 aliphatic rings. The lowest BCUT2D eigenvalue weighted by Gasteiger charge is -2.18. The molecule has 1 aromatic rings. The number of benzene rings is 1. The van der Waals surface area contributed by atoms with E-state index in [4.69, 9.17) is 4.74 Å². The lowest BCUT2D eigenvalue weighted by atomic mass is 9.97. The van der Waals surface area contributed by atoms with Crippen molar-refractivity contribution < 1.29 is 13.9 Å². The van der Waals surface area contributed by atoms with E-state index in [0.29, 0.717) is 30.3 Å². The Morgan fingerprint density at radius 1 is 1.25 bits per heavy atom. The van der Waals surface area contributed by atoms with Gasteiger partial charge in [-0.05, 0) is 38.1 Å². The summed E-state index contributed by atoms with van der Waals surface area (Å²) in [6.45, 7) is 4.67. The van der Waals surface area contributed by atoms with E-state index in [2.05, 4.69) is 30.0 Å². The van der Waals surface area contributed by atoms with Gasteiger partial charge in [-0.3, -0.25) is 15.6 Å². The molecule has 0 spiro atoms. The lowest BCUT2D eigenvalue weighted by Crippen LogP contribution is -2.39. The van der Waals surface area contributed by atoms with E-state index in [9.17, 15) is 9.18 Å². The molecule has 0 aromatic heterocycles. The third kappa shape index (κ3) is 3.91. The zero-order valence-corrected chi connectivity index (χ0v) is 11.7. The van der Waals surface area contributed by atoms with Crippen molar-refractivity contribution >= 4 is 5.91 Å². The summed E-state index contributed by atoms with van der Waals surface area (Å²) >= 11 is 0. The molecule has 2 atom stereocenters. The van der Waals surface area contributed by atoms with Gasteiger partial charge in [0.15, 0.2) is 6.61 Å². The Labute approximate surface area is 117 Å². The first-order chi connectivity index (χ1) is 9.56. The summed E-state index contributed by atoms with van der Waals surface area (Å²) in [5.41, 5.74) is 6.28. The van der Waals surface area contributed by atoms with Crippen LogP contribution >= 0.6 is 0 Å². The van der Waals surface area contributed by atoms with Crippen LogP contribution in [0.5, 0.6) is 5.75 Å². The van der Waals surface area contributed by atoms with Gasteiger partial charge in [0, 0.05) is 24.5 Å². The molecule has 5 nitrogen and oxygen atoms in total. The van der Waals surface area contributed by atoms with Gasteiger partial charge in [0.25, 0.3) is 5.91 Å². The Morgan fingerprint density at radius 3 is 2.45 bits per heavy atom. The number of carbonyl (C=O) groups excluding carboxylic acids is 1. The van der Waals surface area contributed by atoms with Gasteiger partial charge in [-0.25, -0.2) is 4.39 Å². The Morgan fingerprint density at radius 2 is 1.85 bits per heavy atom. The topological polar surface area (TPSA) is 62.4 Å². The molecule has 20 heavy (non-hydrogen) atoms. The summed E-state index contributed by atoms with van der Waals surface area (Å²) in [7, 11) is 0. The van der Waals surface area contributed by atoms with E-state index in [0.717, 1.165) is 0 Å². The fourth-order valence-corrected chi connectivity index (χ4v) is 2.23. The summed E-state index contributed by atoms with van der Waals surface area (Å²) in [6, 6.07) is 6.21. The van der Waals surface area contributed by atoms with Gasteiger partial charge in [0.05, 0.1) is 0 Å². The maximum Gasteiger partial charge on any atom is 0.257 e. The highest BCUT2D eigenvalue weighted by molar-refractivity contribution is 5.77. The van der Waals surface area contributed by atoms with Crippen LogP contribution in [-0.2, 0) is 4.79 Å². The van der Waals surface area contributed by atoms with Gasteiger partial charge in [0.2, 0.25) is 0 Å². The minimum atomic E-state index is -0.328.